The molecule has 0 aliphatic heterocycles. The van der Waals surface area contributed by atoms with Crippen LogP contribution in [0.3, 0.4) is 0 Å². The van der Waals surface area contributed by atoms with Crippen molar-refractivity contribution in [1.29, 1.82) is 10.5 Å². The fourth-order valence-corrected chi connectivity index (χ4v) is 1.46. The molecule has 0 aromatic heterocycles. The van der Waals surface area contributed by atoms with E-state index in [0.29, 0.717) is 18.4 Å². The molecule has 3 heteroatoms. The molecule has 0 radical (unpaired) electrons. The first-order chi connectivity index (χ1) is 7.24. The van der Waals surface area contributed by atoms with E-state index in [-0.39, 0.29) is 11.1 Å². The third kappa shape index (κ3) is 2.33. The van der Waals surface area contributed by atoms with Crippen molar-refractivity contribution in [3.05, 3.63) is 34.9 Å². The summed E-state index contributed by atoms with van der Waals surface area (Å²) in [4.78, 5) is 0. The summed E-state index contributed by atoms with van der Waals surface area (Å²) in [6, 6.07) is 8.49. The van der Waals surface area contributed by atoms with Crippen molar-refractivity contribution in [2.45, 2.75) is 25.9 Å². The van der Waals surface area contributed by atoms with Crippen LogP contribution in [0.4, 0.5) is 4.39 Å². The number of alkyl halides is 1. The van der Waals surface area contributed by atoms with Gasteiger partial charge in [0.2, 0.25) is 0 Å². The van der Waals surface area contributed by atoms with E-state index in [1.807, 2.05) is 19.1 Å². The first kappa shape index (κ1) is 11.2. The zero-order valence-electron chi connectivity index (χ0n) is 8.50. The molecule has 15 heavy (non-hydrogen) atoms. The lowest BCUT2D eigenvalue weighted by Crippen LogP contribution is -1.97. The first-order valence-electron chi connectivity index (χ1n) is 4.81. The maximum Gasteiger partial charge on any atom is 0.126 e. The molecule has 1 aromatic carbocycles. The number of nitriles is 2. The fourth-order valence-electron chi connectivity index (χ4n) is 1.46. The fraction of sp³-hybridized carbons (Fsp3) is 0.333. The second-order valence-corrected chi connectivity index (χ2v) is 3.25. The monoisotopic (exact) mass is 202 g/mol. The molecule has 0 aliphatic rings. The number of rotatable bonds is 3. The number of benzene rings is 1. The Bertz CT molecular complexity index is 426. The number of halogens is 1. The van der Waals surface area contributed by atoms with Crippen LogP contribution in [0, 0.1) is 22.7 Å². The summed E-state index contributed by atoms with van der Waals surface area (Å²) >= 11 is 0. The highest BCUT2D eigenvalue weighted by molar-refractivity contribution is 5.51. The van der Waals surface area contributed by atoms with Gasteiger partial charge in [-0.25, -0.2) is 4.39 Å². The van der Waals surface area contributed by atoms with Crippen molar-refractivity contribution < 1.29 is 4.39 Å². The van der Waals surface area contributed by atoms with Crippen molar-refractivity contribution in [2.75, 3.05) is 0 Å². The van der Waals surface area contributed by atoms with Gasteiger partial charge in [-0.05, 0) is 12.5 Å². The van der Waals surface area contributed by atoms with Crippen molar-refractivity contribution in [2.24, 2.45) is 0 Å². The van der Waals surface area contributed by atoms with Gasteiger partial charge in [-0.2, -0.15) is 10.5 Å². The first-order valence-corrected chi connectivity index (χ1v) is 4.81. The summed E-state index contributed by atoms with van der Waals surface area (Å²) in [5, 5.41) is 17.6. The second-order valence-electron chi connectivity index (χ2n) is 3.25. The maximum atomic E-state index is 13.6. The minimum atomic E-state index is -1.15. The lowest BCUT2D eigenvalue weighted by Gasteiger charge is -2.09. The molecule has 0 aliphatic carbocycles. The molecule has 1 rings (SSSR count). The van der Waals surface area contributed by atoms with E-state index in [0.717, 1.165) is 0 Å². The predicted octanol–water partition coefficient (Wildman–Crippen LogP) is 3.24. The minimum absolute atomic E-state index is 0.168. The average Bonchev–Trinajstić information content (AvgIpc) is 2.28. The van der Waals surface area contributed by atoms with Crippen molar-refractivity contribution in [3.8, 4) is 12.1 Å². The molecule has 0 N–H and O–H groups in total. The second kappa shape index (κ2) is 5.12. The Kier molecular flexibility index (Phi) is 3.83. The molecular weight excluding hydrogens is 191 g/mol. The zero-order chi connectivity index (χ0) is 11.3. The molecule has 0 spiro atoms. The summed E-state index contributed by atoms with van der Waals surface area (Å²) in [5.41, 5.74) is 0.744. The number of hydrogen-bond acceptors (Lipinski definition) is 2. The molecule has 2 nitrogen and oxygen atoms in total. The van der Waals surface area contributed by atoms with Crippen LogP contribution < -0.4 is 0 Å². The third-order valence-corrected chi connectivity index (χ3v) is 2.21. The normalized spacial score (nSPS) is 11.5. The lowest BCUT2D eigenvalue weighted by molar-refractivity contribution is 0.320. The summed E-state index contributed by atoms with van der Waals surface area (Å²) in [6.45, 7) is 1.88. The summed E-state index contributed by atoms with van der Waals surface area (Å²) in [6.07, 6.45) is -0.0650. The Hall–Kier alpha value is -1.87. The standard InChI is InChI=1S/C12H11FN2/c1-2-4-12(13)10-6-3-5-9(7-14)11(10)8-15/h3,5-6,12H,2,4H2,1H3. The summed E-state index contributed by atoms with van der Waals surface area (Å²) in [7, 11) is 0. The molecule has 76 valence electrons. The van der Waals surface area contributed by atoms with Gasteiger partial charge in [0.15, 0.2) is 0 Å². The molecule has 1 atom stereocenters. The van der Waals surface area contributed by atoms with Crippen LogP contribution in [0.1, 0.15) is 42.6 Å². The Morgan fingerprint density at radius 3 is 2.60 bits per heavy atom. The molecule has 0 bridgehead atoms. The molecule has 1 aromatic rings. The van der Waals surface area contributed by atoms with E-state index in [1.165, 1.54) is 6.07 Å². The van der Waals surface area contributed by atoms with Gasteiger partial charge in [0.25, 0.3) is 0 Å². The Labute approximate surface area is 88.6 Å². The van der Waals surface area contributed by atoms with Crippen molar-refractivity contribution in [1.82, 2.24) is 0 Å². The van der Waals surface area contributed by atoms with Crippen LogP contribution in [0.5, 0.6) is 0 Å². The molecule has 0 saturated heterocycles. The summed E-state index contributed by atoms with van der Waals surface area (Å²) in [5.74, 6) is 0. The smallest absolute Gasteiger partial charge is 0.126 e. The highest BCUT2D eigenvalue weighted by Crippen LogP contribution is 2.27. The Morgan fingerprint density at radius 1 is 1.33 bits per heavy atom. The third-order valence-electron chi connectivity index (χ3n) is 2.21. The Morgan fingerprint density at radius 2 is 2.07 bits per heavy atom. The largest absolute Gasteiger partial charge is 0.242 e. The van der Waals surface area contributed by atoms with Crippen molar-refractivity contribution >= 4 is 0 Å². The lowest BCUT2D eigenvalue weighted by atomic mass is 9.97. The van der Waals surface area contributed by atoms with Crippen LogP contribution in [0.25, 0.3) is 0 Å². The van der Waals surface area contributed by atoms with Gasteiger partial charge >= 0.3 is 0 Å². The highest BCUT2D eigenvalue weighted by Gasteiger charge is 2.15. The maximum absolute atomic E-state index is 13.6. The zero-order valence-corrected chi connectivity index (χ0v) is 8.50. The van der Waals surface area contributed by atoms with Gasteiger partial charge in [0.1, 0.15) is 18.3 Å². The molecule has 0 saturated carbocycles. The molecule has 1 unspecified atom stereocenters. The average molecular weight is 202 g/mol. The SMILES string of the molecule is CCCC(F)c1cccc(C#N)c1C#N. The van der Waals surface area contributed by atoms with Gasteiger partial charge in [-0.15, -0.1) is 0 Å². The molecular formula is C12H11FN2. The highest BCUT2D eigenvalue weighted by atomic mass is 19.1. The van der Waals surface area contributed by atoms with E-state index < -0.39 is 6.17 Å². The minimum Gasteiger partial charge on any atom is -0.242 e. The Balaban J connectivity index is 3.20. The quantitative estimate of drug-likeness (QED) is 0.755. The van der Waals surface area contributed by atoms with Crippen LogP contribution in [0.2, 0.25) is 0 Å². The van der Waals surface area contributed by atoms with Gasteiger partial charge in [0.05, 0.1) is 11.1 Å². The van der Waals surface area contributed by atoms with Crippen LogP contribution in [-0.2, 0) is 0 Å². The number of nitrogens with zero attached hydrogens (tertiary/aromatic N) is 2. The van der Waals surface area contributed by atoms with Gasteiger partial charge in [-0.3, -0.25) is 0 Å². The van der Waals surface area contributed by atoms with E-state index in [9.17, 15) is 4.39 Å². The van der Waals surface area contributed by atoms with Gasteiger partial charge in [0, 0.05) is 5.56 Å². The molecule has 0 fully saturated rings. The van der Waals surface area contributed by atoms with Gasteiger partial charge in [-0.1, -0.05) is 25.5 Å². The van der Waals surface area contributed by atoms with E-state index >= 15 is 0 Å². The van der Waals surface area contributed by atoms with E-state index in [4.69, 9.17) is 10.5 Å². The molecule has 0 amide bonds. The van der Waals surface area contributed by atoms with Crippen molar-refractivity contribution in [3.63, 3.8) is 0 Å². The summed E-state index contributed by atoms with van der Waals surface area (Å²) < 4.78 is 13.6. The van der Waals surface area contributed by atoms with Crippen LogP contribution >= 0.6 is 0 Å². The van der Waals surface area contributed by atoms with Crippen LogP contribution in [-0.4, -0.2) is 0 Å². The number of hydrogen-bond donors (Lipinski definition) is 0. The topological polar surface area (TPSA) is 47.6 Å². The van der Waals surface area contributed by atoms with Crippen LogP contribution in [0.15, 0.2) is 18.2 Å². The van der Waals surface area contributed by atoms with E-state index in [2.05, 4.69) is 0 Å². The predicted molar refractivity (Wildman–Crippen MR) is 54.6 cm³/mol. The van der Waals surface area contributed by atoms with Gasteiger partial charge < -0.3 is 0 Å². The van der Waals surface area contributed by atoms with E-state index in [1.54, 1.807) is 12.1 Å². The molecule has 0 heterocycles.